The van der Waals surface area contributed by atoms with Gasteiger partial charge in [-0.3, -0.25) is 4.79 Å². The lowest BCUT2D eigenvalue weighted by molar-refractivity contribution is -0.143. The average Bonchev–Trinajstić information content (AvgIpc) is 2.44. The van der Waals surface area contributed by atoms with Crippen molar-refractivity contribution in [3.63, 3.8) is 0 Å². The molecule has 0 bridgehead atoms. The average molecular weight is 284 g/mol. The summed E-state index contributed by atoms with van der Waals surface area (Å²) in [4.78, 5) is 11.4. The number of aliphatic hydroxyl groups excluding tert-OH is 1. The number of benzene rings is 1. The highest BCUT2D eigenvalue weighted by Crippen LogP contribution is 2.32. The van der Waals surface area contributed by atoms with Crippen molar-refractivity contribution < 1.29 is 19.2 Å². The van der Waals surface area contributed by atoms with Crippen molar-refractivity contribution in [3.05, 3.63) is 35.9 Å². The molecule has 0 aliphatic heterocycles. The molecule has 0 radical (unpaired) electrons. The molecule has 19 heavy (non-hydrogen) atoms. The van der Waals surface area contributed by atoms with Gasteiger partial charge in [-0.05, 0) is 24.8 Å². The molecule has 0 aliphatic rings. The molecule has 0 spiro atoms. The highest BCUT2D eigenvalue weighted by atomic mass is 31.1. The molecule has 0 saturated heterocycles. The van der Waals surface area contributed by atoms with E-state index in [2.05, 4.69) is 0 Å². The van der Waals surface area contributed by atoms with Crippen LogP contribution in [0.4, 0.5) is 0 Å². The molecule has 2 atom stereocenters. The van der Waals surface area contributed by atoms with Gasteiger partial charge < -0.3 is 14.4 Å². The minimum Gasteiger partial charge on any atom is -0.466 e. The van der Waals surface area contributed by atoms with E-state index in [0.29, 0.717) is 25.6 Å². The maximum atomic E-state index is 11.6. The molecule has 4 nitrogen and oxygen atoms in total. The number of carbonyl (C=O) groups is 1. The summed E-state index contributed by atoms with van der Waals surface area (Å²) in [7, 11) is -1.98. The van der Waals surface area contributed by atoms with Gasteiger partial charge in [0.2, 0.25) is 0 Å². The fourth-order valence-corrected chi connectivity index (χ4v) is 3.09. The fourth-order valence-electron chi connectivity index (χ4n) is 1.98. The molecule has 5 heteroatoms. The van der Waals surface area contributed by atoms with Gasteiger partial charge in [0.1, 0.15) is 7.80 Å². The Balaban J connectivity index is 2.65. The first kappa shape index (κ1) is 15.9. The topological polar surface area (TPSA) is 63.6 Å². The van der Waals surface area contributed by atoms with Crippen LogP contribution < -0.4 is 0 Å². The monoisotopic (exact) mass is 284 g/mol. The second-order valence-corrected chi connectivity index (χ2v) is 6.15. The maximum Gasteiger partial charge on any atom is 0.305 e. The van der Waals surface area contributed by atoms with Crippen LogP contribution in [0.2, 0.25) is 0 Å². The molecule has 1 N–H and O–H groups in total. The van der Waals surface area contributed by atoms with E-state index in [9.17, 15) is 9.36 Å². The van der Waals surface area contributed by atoms with Crippen LogP contribution in [0.15, 0.2) is 30.3 Å². The number of esters is 1. The number of ether oxygens (including phenoxy) is 1. The van der Waals surface area contributed by atoms with Crippen molar-refractivity contribution in [1.29, 1.82) is 0 Å². The Kier molecular flexibility index (Phi) is 7.46. The summed E-state index contributed by atoms with van der Waals surface area (Å²) in [5.41, 5.74) is 1.05. The zero-order valence-electron chi connectivity index (χ0n) is 11.2. The summed E-state index contributed by atoms with van der Waals surface area (Å²) in [6.07, 6.45) is 1.07. The Morgan fingerprint density at radius 1 is 1.37 bits per heavy atom. The second-order valence-electron chi connectivity index (χ2n) is 4.35. The molecule has 0 fully saturated rings. The zero-order valence-corrected chi connectivity index (χ0v) is 12.2. The van der Waals surface area contributed by atoms with Gasteiger partial charge in [0.25, 0.3) is 0 Å². The van der Waals surface area contributed by atoms with Gasteiger partial charge in [0.15, 0.2) is 0 Å². The van der Waals surface area contributed by atoms with E-state index in [1.165, 1.54) is 0 Å². The van der Waals surface area contributed by atoms with Gasteiger partial charge in [-0.1, -0.05) is 30.3 Å². The molecule has 0 amide bonds. The molecule has 1 aromatic rings. The minimum atomic E-state index is -1.98. The summed E-state index contributed by atoms with van der Waals surface area (Å²) >= 11 is 0. The van der Waals surface area contributed by atoms with E-state index in [0.717, 1.165) is 5.56 Å². The Morgan fingerprint density at radius 2 is 2.05 bits per heavy atom. The smallest absolute Gasteiger partial charge is 0.305 e. The minimum absolute atomic E-state index is 0.0316. The van der Waals surface area contributed by atoms with Gasteiger partial charge in [-0.15, -0.1) is 0 Å². The Labute approximate surface area is 114 Å². The molecule has 2 unspecified atom stereocenters. The van der Waals surface area contributed by atoms with Crippen LogP contribution in [0.3, 0.4) is 0 Å². The first-order chi connectivity index (χ1) is 9.17. The van der Waals surface area contributed by atoms with Crippen molar-refractivity contribution in [2.24, 2.45) is 0 Å². The van der Waals surface area contributed by atoms with Gasteiger partial charge in [-0.2, -0.15) is 0 Å². The van der Waals surface area contributed by atoms with E-state index in [4.69, 9.17) is 9.84 Å². The van der Waals surface area contributed by atoms with Crippen LogP contribution in [0.25, 0.3) is 0 Å². The van der Waals surface area contributed by atoms with Gasteiger partial charge in [0.05, 0.1) is 13.0 Å². The molecule has 0 aliphatic carbocycles. The van der Waals surface area contributed by atoms with Crippen molar-refractivity contribution in [2.45, 2.75) is 25.7 Å². The first-order valence-corrected chi connectivity index (χ1v) is 8.32. The van der Waals surface area contributed by atoms with Crippen molar-refractivity contribution in [1.82, 2.24) is 0 Å². The predicted octanol–water partition coefficient (Wildman–Crippen LogP) is 2.62. The highest BCUT2D eigenvalue weighted by Gasteiger charge is 2.16. The number of carbonyl (C=O) groups excluding carboxylic acids is 1. The lowest BCUT2D eigenvalue weighted by Gasteiger charge is -2.16. The van der Waals surface area contributed by atoms with E-state index in [1.807, 2.05) is 30.3 Å². The standard InChI is InChI=1S/C14H21O4P/c1-2-18-14(16)9-8-13(10-19(17)11-15)12-6-4-3-5-7-12/h3-7,13,15,19H,2,8-11H2,1H3. The highest BCUT2D eigenvalue weighted by molar-refractivity contribution is 7.44. The molecular formula is C14H21O4P. The fraction of sp³-hybridized carbons (Fsp3) is 0.500. The van der Waals surface area contributed by atoms with Crippen molar-refractivity contribution >= 4 is 13.8 Å². The quantitative estimate of drug-likeness (QED) is 0.589. The maximum absolute atomic E-state index is 11.6. The number of hydrogen-bond acceptors (Lipinski definition) is 4. The molecular weight excluding hydrogens is 263 g/mol. The predicted molar refractivity (Wildman–Crippen MR) is 76.0 cm³/mol. The Bertz CT molecular complexity index is 405. The zero-order chi connectivity index (χ0) is 14.1. The SMILES string of the molecule is CCOC(=O)CCC(C[PH](=O)CO)c1ccccc1. The lowest BCUT2D eigenvalue weighted by atomic mass is 9.96. The Hall–Kier alpha value is -1.12. The van der Waals surface area contributed by atoms with E-state index in [1.54, 1.807) is 6.92 Å². The normalized spacial score (nSPS) is 13.8. The molecule has 106 valence electrons. The van der Waals surface area contributed by atoms with Crippen LogP contribution in [-0.2, 0) is 14.1 Å². The third-order valence-electron chi connectivity index (χ3n) is 2.92. The third kappa shape index (κ3) is 6.04. The summed E-state index contributed by atoms with van der Waals surface area (Å²) < 4.78 is 16.5. The van der Waals surface area contributed by atoms with Crippen LogP contribution in [0.1, 0.15) is 31.2 Å². The largest absolute Gasteiger partial charge is 0.466 e. The molecule has 1 aromatic carbocycles. The van der Waals surface area contributed by atoms with Gasteiger partial charge in [0, 0.05) is 12.6 Å². The van der Waals surface area contributed by atoms with Gasteiger partial charge >= 0.3 is 5.97 Å². The number of hydrogen-bond donors (Lipinski definition) is 1. The van der Waals surface area contributed by atoms with E-state index >= 15 is 0 Å². The van der Waals surface area contributed by atoms with Crippen LogP contribution >= 0.6 is 7.80 Å². The molecule has 0 heterocycles. The number of aliphatic hydroxyl groups is 1. The van der Waals surface area contributed by atoms with Crippen molar-refractivity contribution in [3.8, 4) is 0 Å². The Morgan fingerprint density at radius 3 is 2.63 bits per heavy atom. The summed E-state index contributed by atoms with van der Waals surface area (Å²) in [5, 5.41) is 8.93. The first-order valence-electron chi connectivity index (χ1n) is 6.50. The summed E-state index contributed by atoms with van der Waals surface area (Å²) in [6, 6.07) is 9.68. The summed E-state index contributed by atoms with van der Waals surface area (Å²) in [6.45, 7) is 2.15. The van der Waals surface area contributed by atoms with Crippen LogP contribution in [0, 0.1) is 0 Å². The van der Waals surface area contributed by atoms with Gasteiger partial charge in [-0.25, -0.2) is 0 Å². The number of rotatable bonds is 8. The molecule has 0 saturated carbocycles. The second kappa shape index (κ2) is 8.89. The lowest BCUT2D eigenvalue weighted by Crippen LogP contribution is -2.09. The molecule has 1 rings (SSSR count). The summed E-state index contributed by atoms with van der Waals surface area (Å²) in [5.74, 6) is -0.198. The third-order valence-corrected chi connectivity index (χ3v) is 4.22. The molecule has 0 aromatic heterocycles. The van der Waals surface area contributed by atoms with Crippen molar-refractivity contribution in [2.75, 3.05) is 19.1 Å². The van der Waals surface area contributed by atoms with E-state index < -0.39 is 7.80 Å². The van der Waals surface area contributed by atoms with Crippen LogP contribution in [0.5, 0.6) is 0 Å². The van der Waals surface area contributed by atoms with Crippen LogP contribution in [-0.4, -0.2) is 30.2 Å². The van der Waals surface area contributed by atoms with E-state index in [-0.39, 0.29) is 18.2 Å².